The molecule has 0 aromatic carbocycles. The molecule has 0 aliphatic rings. The molecule has 21 heavy (non-hydrogen) atoms. The number of thiophene rings is 1. The van der Waals surface area contributed by atoms with Gasteiger partial charge in [-0.3, -0.25) is 0 Å². The lowest BCUT2D eigenvalue weighted by Gasteiger charge is -2.18. The zero-order valence-electron chi connectivity index (χ0n) is 12.6. The van der Waals surface area contributed by atoms with Crippen LogP contribution >= 0.6 is 11.3 Å². The number of rotatable bonds is 8. The van der Waals surface area contributed by atoms with E-state index in [2.05, 4.69) is 52.1 Å². The van der Waals surface area contributed by atoms with Gasteiger partial charge in [0.05, 0.1) is 6.04 Å². The second kappa shape index (κ2) is 7.95. The van der Waals surface area contributed by atoms with Gasteiger partial charge in [0.1, 0.15) is 17.5 Å². The third-order valence-corrected chi connectivity index (χ3v) is 4.17. The van der Waals surface area contributed by atoms with Crippen LogP contribution in [0.3, 0.4) is 0 Å². The lowest BCUT2D eigenvalue weighted by molar-refractivity contribution is 0.682. The Balaban J connectivity index is 2.21. The van der Waals surface area contributed by atoms with E-state index in [1.165, 1.54) is 4.88 Å². The lowest BCUT2D eigenvalue weighted by Crippen LogP contribution is -2.14. The summed E-state index contributed by atoms with van der Waals surface area (Å²) in [7, 11) is 0. The van der Waals surface area contributed by atoms with Crippen LogP contribution in [0.2, 0.25) is 0 Å². The molecule has 1 atom stereocenters. The first-order valence-electron chi connectivity index (χ1n) is 7.41. The number of aromatic nitrogens is 2. The summed E-state index contributed by atoms with van der Waals surface area (Å²) < 4.78 is 0. The number of nitrogen functional groups attached to an aromatic ring is 1. The van der Waals surface area contributed by atoms with E-state index in [0.29, 0.717) is 5.82 Å². The molecule has 0 aliphatic heterocycles. The fraction of sp³-hybridized carbons (Fsp3) is 0.467. The molecule has 0 spiro atoms. The van der Waals surface area contributed by atoms with E-state index in [4.69, 9.17) is 5.84 Å². The SMILES string of the molecule is CCCc1nc(NN)cc(NC(CCC)c2cccs2)n1. The number of nitrogens with zero attached hydrogens (tertiary/aromatic N) is 2. The molecule has 2 aromatic heterocycles. The molecular weight excluding hydrogens is 282 g/mol. The molecule has 114 valence electrons. The molecule has 0 saturated carbocycles. The number of nitrogens with two attached hydrogens (primary N) is 1. The van der Waals surface area contributed by atoms with Crippen molar-refractivity contribution < 1.29 is 0 Å². The van der Waals surface area contributed by atoms with Crippen LogP contribution in [0.1, 0.15) is 49.9 Å². The average molecular weight is 305 g/mol. The van der Waals surface area contributed by atoms with Gasteiger partial charge in [-0.25, -0.2) is 15.8 Å². The second-order valence-corrected chi connectivity index (χ2v) is 5.93. The van der Waals surface area contributed by atoms with Gasteiger partial charge in [0.15, 0.2) is 0 Å². The Kier molecular flexibility index (Phi) is 5.95. The highest BCUT2D eigenvalue weighted by Crippen LogP contribution is 2.27. The van der Waals surface area contributed by atoms with Gasteiger partial charge >= 0.3 is 0 Å². The molecule has 2 aromatic rings. The fourth-order valence-electron chi connectivity index (χ4n) is 2.22. The number of aryl methyl sites for hydroxylation is 1. The van der Waals surface area contributed by atoms with Crippen LogP contribution in [0.4, 0.5) is 11.6 Å². The topological polar surface area (TPSA) is 75.9 Å². The van der Waals surface area contributed by atoms with Crippen LogP contribution < -0.4 is 16.6 Å². The van der Waals surface area contributed by atoms with Crippen LogP contribution in [0.15, 0.2) is 23.6 Å². The van der Waals surface area contributed by atoms with E-state index in [0.717, 1.165) is 37.3 Å². The lowest BCUT2D eigenvalue weighted by atomic mass is 10.1. The number of hydrogen-bond donors (Lipinski definition) is 3. The first-order valence-corrected chi connectivity index (χ1v) is 8.29. The summed E-state index contributed by atoms with van der Waals surface area (Å²) in [5.41, 5.74) is 2.62. The van der Waals surface area contributed by atoms with Crippen LogP contribution in [-0.4, -0.2) is 9.97 Å². The molecule has 0 bridgehead atoms. The van der Waals surface area contributed by atoms with Crippen molar-refractivity contribution in [1.29, 1.82) is 0 Å². The highest BCUT2D eigenvalue weighted by molar-refractivity contribution is 7.10. The Labute approximate surface area is 130 Å². The Bertz CT molecular complexity index is 541. The van der Waals surface area contributed by atoms with E-state index < -0.39 is 0 Å². The maximum Gasteiger partial charge on any atom is 0.145 e. The van der Waals surface area contributed by atoms with E-state index in [9.17, 15) is 0 Å². The molecule has 0 aliphatic carbocycles. The number of hydrazine groups is 1. The fourth-order valence-corrected chi connectivity index (χ4v) is 3.04. The van der Waals surface area contributed by atoms with Gasteiger partial charge < -0.3 is 10.7 Å². The average Bonchev–Trinajstić information content (AvgIpc) is 3.01. The first-order chi connectivity index (χ1) is 10.3. The molecule has 0 saturated heterocycles. The van der Waals surface area contributed by atoms with Crippen LogP contribution in [-0.2, 0) is 6.42 Å². The van der Waals surface area contributed by atoms with Crippen molar-refractivity contribution in [1.82, 2.24) is 9.97 Å². The third kappa shape index (κ3) is 4.41. The molecule has 4 N–H and O–H groups in total. The zero-order valence-corrected chi connectivity index (χ0v) is 13.4. The quantitative estimate of drug-likeness (QED) is 0.512. The summed E-state index contributed by atoms with van der Waals surface area (Å²) in [6.07, 6.45) is 4.04. The number of hydrogen-bond acceptors (Lipinski definition) is 6. The minimum atomic E-state index is 0.282. The standard InChI is InChI=1S/C15H23N5S/c1-3-6-11(12-8-5-9-21-12)17-14-10-15(20-16)19-13(18-14)7-4-2/h5,8-11H,3-4,6-7,16H2,1-2H3,(H2,17,18,19,20). The summed E-state index contributed by atoms with van der Waals surface area (Å²) >= 11 is 1.77. The van der Waals surface area contributed by atoms with Crippen LogP contribution in [0, 0.1) is 0 Å². The van der Waals surface area contributed by atoms with E-state index in [-0.39, 0.29) is 6.04 Å². The van der Waals surface area contributed by atoms with Crippen molar-refractivity contribution in [3.8, 4) is 0 Å². The van der Waals surface area contributed by atoms with E-state index in [1.54, 1.807) is 11.3 Å². The maximum absolute atomic E-state index is 5.50. The van der Waals surface area contributed by atoms with E-state index >= 15 is 0 Å². The van der Waals surface area contributed by atoms with Gasteiger partial charge in [-0.05, 0) is 24.3 Å². The van der Waals surface area contributed by atoms with E-state index in [1.807, 2.05) is 6.07 Å². The molecule has 0 fully saturated rings. The minimum absolute atomic E-state index is 0.282. The second-order valence-electron chi connectivity index (χ2n) is 4.95. The summed E-state index contributed by atoms with van der Waals surface area (Å²) in [4.78, 5) is 10.3. The molecule has 2 rings (SSSR count). The van der Waals surface area contributed by atoms with Crippen molar-refractivity contribution in [2.24, 2.45) is 5.84 Å². The van der Waals surface area contributed by atoms with Gasteiger partial charge in [-0.1, -0.05) is 26.3 Å². The van der Waals surface area contributed by atoms with Gasteiger partial charge in [0.25, 0.3) is 0 Å². The zero-order chi connectivity index (χ0) is 15.1. The van der Waals surface area contributed by atoms with Gasteiger partial charge in [-0.2, -0.15) is 0 Å². The number of nitrogens with one attached hydrogen (secondary N) is 2. The summed E-state index contributed by atoms with van der Waals surface area (Å²) in [5.74, 6) is 7.80. The smallest absolute Gasteiger partial charge is 0.145 e. The van der Waals surface area contributed by atoms with Gasteiger partial charge in [-0.15, -0.1) is 11.3 Å². The maximum atomic E-state index is 5.50. The molecule has 1 unspecified atom stereocenters. The Morgan fingerprint density at radius 2 is 2.05 bits per heavy atom. The Morgan fingerprint density at radius 3 is 2.67 bits per heavy atom. The molecular formula is C15H23N5S. The molecule has 0 amide bonds. The monoisotopic (exact) mass is 305 g/mol. The van der Waals surface area contributed by atoms with Gasteiger partial charge in [0.2, 0.25) is 0 Å². The largest absolute Gasteiger partial charge is 0.362 e. The van der Waals surface area contributed by atoms with Crippen molar-refractivity contribution in [3.05, 3.63) is 34.3 Å². The highest BCUT2D eigenvalue weighted by Gasteiger charge is 2.13. The predicted octanol–water partition coefficient (Wildman–Crippen LogP) is 3.73. The Morgan fingerprint density at radius 1 is 1.24 bits per heavy atom. The van der Waals surface area contributed by atoms with Crippen molar-refractivity contribution in [2.45, 2.75) is 45.6 Å². The van der Waals surface area contributed by atoms with Crippen molar-refractivity contribution in [2.75, 3.05) is 10.7 Å². The molecule has 5 nitrogen and oxygen atoms in total. The van der Waals surface area contributed by atoms with Crippen LogP contribution in [0.5, 0.6) is 0 Å². The molecule has 0 radical (unpaired) electrons. The third-order valence-electron chi connectivity index (χ3n) is 3.18. The van der Waals surface area contributed by atoms with Crippen molar-refractivity contribution >= 4 is 23.0 Å². The van der Waals surface area contributed by atoms with Crippen molar-refractivity contribution in [3.63, 3.8) is 0 Å². The normalized spacial score (nSPS) is 12.1. The van der Waals surface area contributed by atoms with Crippen LogP contribution in [0.25, 0.3) is 0 Å². The molecule has 6 heteroatoms. The number of anilines is 2. The Hall–Kier alpha value is -1.66. The minimum Gasteiger partial charge on any atom is -0.362 e. The summed E-state index contributed by atoms with van der Waals surface area (Å²) in [6, 6.07) is 6.38. The first kappa shape index (κ1) is 15.7. The summed E-state index contributed by atoms with van der Waals surface area (Å²) in [5, 5.41) is 5.63. The highest BCUT2D eigenvalue weighted by atomic mass is 32.1. The predicted molar refractivity (Wildman–Crippen MR) is 89.4 cm³/mol. The van der Waals surface area contributed by atoms with Gasteiger partial charge in [0, 0.05) is 17.4 Å². The summed E-state index contributed by atoms with van der Waals surface area (Å²) in [6.45, 7) is 4.31. The molecule has 2 heterocycles.